The molecule has 1 saturated heterocycles. The summed E-state index contributed by atoms with van der Waals surface area (Å²) in [6.07, 6.45) is 6.44. The zero-order chi connectivity index (χ0) is 11.4. The predicted octanol–water partition coefficient (Wildman–Crippen LogP) is 3.53. The molecule has 0 radical (unpaired) electrons. The van der Waals surface area contributed by atoms with Crippen LogP contribution in [-0.4, -0.2) is 17.2 Å². The van der Waals surface area contributed by atoms with Gasteiger partial charge in [-0.3, -0.25) is 4.98 Å². The Hall–Kier alpha value is -0.890. The molecule has 0 bridgehead atoms. The van der Waals surface area contributed by atoms with E-state index in [2.05, 4.69) is 31.0 Å². The highest BCUT2D eigenvalue weighted by molar-refractivity contribution is 5.11. The molecule has 0 aliphatic carbocycles. The zero-order valence-electron chi connectivity index (χ0n) is 10.3. The minimum atomic E-state index is 0.0647. The number of ether oxygens (including phenoxy) is 1. The fourth-order valence-corrected chi connectivity index (χ4v) is 2.70. The maximum Gasteiger partial charge on any atom is 0.0660 e. The third kappa shape index (κ3) is 2.62. The quantitative estimate of drug-likeness (QED) is 0.775. The number of rotatable bonds is 3. The van der Waals surface area contributed by atoms with Gasteiger partial charge in [-0.1, -0.05) is 19.4 Å². The Morgan fingerprint density at radius 1 is 1.50 bits per heavy atom. The molecule has 2 heterocycles. The zero-order valence-corrected chi connectivity index (χ0v) is 10.3. The van der Waals surface area contributed by atoms with Gasteiger partial charge in [-0.15, -0.1) is 0 Å². The van der Waals surface area contributed by atoms with Gasteiger partial charge in [0.05, 0.1) is 5.60 Å². The molecule has 2 atom stereocenters. The van der Waals surface area contributed by atoms with Crippen molar-refractivity contribution in [3.63, 3.8) is 0 Å². The predicted molar refractivity (Wildman–Crippen MR) is 65.5 cm³/mol. The van der Waals surface area contributed by atoms with Gasteiger partial charge in [-0.05, 0) is 38.3 Å². The van der Waals surface area contributed by atoms with Crippen LogP contribution < -0.4 is 0 Å². The van der Waals surface area contributed by atoms with E-state index in [4.69, 9.17) is 4.74 Å². The van der Waals surface area contributed by atoms with Crippen molar-refractivity contribution in [2.75, 3.05) is 6.61 Å². The van der Waals surface area contributed by atoms with Gasteiger partial charge in [0, 0.05) is 24.4 Å². The number of aromatic nitrogens is 1. The fourth-order valence-electron chi connectivity index (χ4n) is 2.70. The van der Waals surface area contributed by atoms with Crippen LogP contribution in [0.5, 0.6) is 0 Å². The Morgan fingerprint density at radius 2 is 2.38 bits per heavy atom. The summed E-state index contributed by atoms with van der Waals surface area (Å²) >= 11 is 0. The van der Waals surface area contributed by atoms with Gasteiger partial charge in [0.15, 0.2) is 0 Å². The Bertz CT molecular complexity index is 321. The minimum Gasteiger partial charge on any atom is -0.375 e. The molecule has 1 unspecified atom stereocenters. The van der Waals surface area contributed by atoms with Crippen LogP contribution in [0.25, 0.3) is 0 Å². The van der Waals surface area contributed by atoms with E-state index in [1.807, 2.05) is 12.3 Å². The van der Waals surface area contributed by atoms with Crippen molar-refractivity contribution in [3.8, 4) is 0 Å². The molecule has 0 amide bonds. The number of hydrogen-bond donors (Lipinski definition) is 0. The van der Waals surface area contributed by atoms with Crippen molar-refractivity contribution in [1.82, 2.24) is 4.98 Å². The molecular formula is C14H21NO. The van der Waals surface area contributed by atoms with E-state index >= 15 is 0 Å². The highest BCUT2D eigenvalue weighted by atomic mass is 16.5. The summed E-state index contributed by atoms with van der Waals surface area (Å²) in [5.41, 5.74) is 1.29. The maximum atomic E-state index is 5.93. The van der Waals surface area contributed by atoms with Gasteiger partial charge in [0.1, 0.15) is 0 Å². The van der Waals surface area contributed by atoms with Crippen LogP contribution in [0.15, 0.2) is 24.4 Å². The third-order valence-electron chi connectivity index (χ3n) is 3.48. The molecule has 2 heteroatoms. The van der Waals surface area contributed by atoms with E-state index in [-0.39, 0.29) is 5.60 Å². The smallest absolute Gasteiger partial charge is 0.0660 e. The first-order valence-electron chi connectivity index (χ1n) is 6.28. The van der Waals surface area contributed by atoms with Crippen LogP contribution >= 0.6 is 0 Å². The Labute approximate surface area is 98.0 Å². The van der Waals surface area contributed by atoms with Crippen molar-refractivity contribution in [2.45, 2.75) is 51.0 Å². The van der Waals surface area contributed by atoms with Gasteiger partial charge in [-0.2, -0.15) is 0 Å². The molecule has 0 N–H and O–H groups in total. The molecule has 1 fully saturated rings. The summed E-state index contributed by atoms with van der Waals surface area (Å²) in [4.78, 5) is 4.47. The SMILES string of the molecule is CCCC1(C)C[C@H](c2ccccn2)CCO1. The van der Waals surface area contributed by atoms with E-state index < -0.39 is 0 Å². The molecule has 0 aromatic carbocycles. The fraction of sp³-hybridized carbons (Fsp3) is 0.643. The summed E-state index contributed by atoms with van der Waals surface area (Å²) in [6.45, 7) is 5.34. The van der Waals surface area contributed by atoms with Crippen LogP contribution in [-0.2, 0) is 4.74 Å². The average molecular weight is 219 g/mol. The average Bonchev–Trinajstić information content (AvgIpc) is 2.30. The van der Waals surface area contributed by atoms with Gasteiger partial charge < -0.3 is 4.74 Å². The molecule has 88 valence electrons. The normalized spacial score (nSPS) is 30.2. The van der Waals surface area contributed by atoms with Gasteiger partial charge in [-0.25, -0.2) is 0 Å². The van der Waals surface area contributed by atoms with E-state index in [0.717, 1.165) is 25.9 Å². The lowest BCUT2D eigenvalue weighted by molar-refractivity contribution is -0.0783. The molecule has 1 aromatic heterocycles. The van der Waals surface area contributed by atoms with Crippen molar-refractivity contribution < 1.29 is 4.74 Å². The summed E-state index contributed by atoms with van der Waals surface area (Å²) in [7, 11) is 0. The monoisotopic (exact) mass is 219 g/mol. The number of hydrogen-bond acceptors (Lipinski definition) is 2. The molecule has 16 heavy (non-hydrogen) atoms. The second kappa shape index (κ2) is 4.96. The highest BCUT2D eigenvalue weighted by Gasteiger charge is 2.33. The van der Waals surface area contributed by atoms with E-state index in [1.54, 1.807) is 0 Å². The minimum absolute atomic E-state index is 0.0647. The molecule has 0 spiro atoms. The van der Waals surface area contributed by atoms with Gasteiger partial charge in [0.25, 0.3) is 0 Å². The Kier molecular flexibility index (Phi) is 3.59. The Morgan fingerprint density at radius 3 is 3.06 bits per heavy atom. The second-order valence-electron chi connectivity index (χ2n) is 4.99. The van der Waals surface area contributed by atoms with Crippen LogP contribution in [0.3, 0.4) is 0 Å². The molecule has 2 nitrogen and oxygen atoms in total. The lowest BCUT2D eigenvalue weighted by atomic mass is 9.82. The van der Waals surface area contributed by atoms with Crippen LogP contribution in [0.1, 0.15) is 51.1 Å². The summed E-state index contributed by atoms with van der Waals surface area (Å²) in [6, 6.07) is 6.20. The summed E-state index contributed by atoms with van der Waals surface area (Å²) in [5, 5.41) is 0. The standard InChI is InChI=1S/C14H21NO/c1-3-8-14(2)11-12(7-10-16-14)13-6-4-5-9-15-13/h4-6,9,12H,3,7-8,10-11H2,1-2H3/t12-,14?/m1/s1. The first-order valence-corrected chi connectivity index (χ1v) is 6.28. The summed E-state index contributed by atoms with van der Waals surface area (Å²) in [5.74, 6) is 0.575. The molecule has 1 aliphatic heterocycles. The first kappa shape index (κ1) is 11.6. The number of nitrogens with zero attached hydrogens (tertiary/aromatic N) is 1. The van der Waals surface area contributed by atoms with Crippen molar-refractivity contribution >= 4 is 0 Å². The van der Waals surface area contributed by atoms with E-state index in [9.17, 15) is 0 Å². The lowest BCUT2D eigenvalue weighted by Crippen LogP contribution is -2.36. The van der Waals surface area contributed by atoms with Crippen molar-refractivity contribution in [3.05, 3.63) is 30.1 Å². The van der Waals surface area contributed by atoms with E-state index in [0.29, 0.717) is 5.92 Å². The molecular weight excluding hydrogens is 198 g/mol. The van der Waals surface area contributed by atoms with Crippen LogP contribution in [0.4, 0.5) is 0 Å². The largest absolute Gasteiger partial charge is 0.375 e. The third-order valence-corrected chi connectivity index (χ3v) is 3.48. The van der Waals surface area contributed by atoms with Crippen molar-refractivity contribution in [2.24, 2.45) is 0 Å². The highest BCUT2D eigenvalue weighted by Crippen LogP contribution is 2.37. The van der Waals surface area contributed by atoms with E-state index in [1.165, 1.54) is 12.1 Å². The first-order chi connectivity index (χ1) is 7.73. The lowest BCUT2D eigenvalue weighted by Gasteiger charge is -2.38. The second-order valence-corrected chi connectivity index (χ2v) is 4.99. The van der Waals surface area contributed by atoms with Crippen LogP contribution in [0.2, 0.25) is 0 Å². The molecule has 1 aliphatic rings. The molecule has 0 saturated carbocycles. The maximum absolute atomic E-state index is 5.93. The summed E-state index contributed by atoms with van der Waals surface area (Å²) < 4.78 is 5.93. The molecule has 1 aromatic rings. The van der Waals surface area contributed by atoms with Gasteiger partial charge in [0.2, 0.25) is 0 Å². The number of pyridine rings is 1. The van der Waals surface area contributed by atoms with Gasteiger partial charge >= 0.3 is 0 Å². The molecule has 2 rings (SSSR count). The topological polar surface area (TPSA) is 22.1 Å². The van der Waals surface area contributed by atoms with Crippen molar-refractivity contribution in [1.29, 1.82) is 0 Å². The Balaban J connectivity index is 2.07. The van der Waals surface area contributed by atoms with Crippen LogP contribution in [0, 0.1) is 0 Å².